The molecule has 0 radical (unpaired) electrons. The topological polar surface area (TPSA) is 50.1 Å². The van der Waals surface area contributed by atoms with Crippen molar-refractivity contribution in [2.75, 3.05) is 5.88 Å². The minimum absolute atomic E-state index is 0.364. The molecule has 0 saturated heterocycles. The third kappa shape index (κ3) is 3.36. The second-order valence-corrected chi connectivity index (χ2v) is 3.17. The van der Waals surface area contributed by atoms with Gasteiger partial charge in [0.2, 0.25) is 0 Å². The van der Waals surface area contributed by atoms with Crippen molar-refractivity contribution in [1.82, 2.24) is 0 Å². The van der Waals surface area contributed by atoms with Crippen molar-refractivity contribution in [1.29, 1.82) is 5.26 Å². The van der Waals surface area contributed by atoms with Crippen LogP contribution in [-0.4, -0.2) is 18.0 Å². The predicted molar refractivity (Wildman–Crippen MR) is 52.9 cm³/mol. The number of carbonyl (C=O) groups excluding carboxylic acids is 1. The van der Waals surface area contributed by atoms with E-state index >= 15 is 0 Å². The molecule has 0 aliphatic heterocycles. The summed E-state index contributed by atoms with van der Waals surface area (Å²) in [6, 6.07) is 5.03. The van der Waals surface area contributed by atoms with Crippen LogP contribution in [0.4, 0.5) is 13.2 Å². The maximum absolute atomic E-state index is 12.1. The number of ether oxygens (including phenoxy) is 1. The van der Waals surface area contributed by atoms with Crippen LogP contribution in [0, 0.1) is 11.3 Å². The average Bonchev–Trinajstić information content (AvgIpc) is 2.26. The highest BCUT2D eigenvalue weighted by Crippen LogP contribution is 2.30. The maximum atomic E-state index is 12.1. The molecule has 0 spiro atoms. The third-order valence-corrected chi connectivity index (χ3v) is 2.02. The number of nitrogens with zero attached hydrogens (tertiary/aromatic N) is 1. The molecule has 0 N–H and O–H groups in total. The number of hydrogen-bond donors (Lipinski definition) is 0. The Labute approximate surface area is 99.4 Å². The van der Waals surface area contributed by atoms with Gasteiger partial charge in [-0.2, -0.15) is 5.26 Å². The fourth-order valence-corrected chi connectivity index (χ4v) is 1.29. The van der Waals surface area contributed by atoms with Crippen molar-refractivity contribution in [3.05, 3.63) is 29.3 Å². The molecule has 0 heterocycles. The number of benzene rings is 1. The summed E-state index contributed by atoms with van der Waals surface area (Å²) >= 11 is 5.26. The smallest absolute Gasteiger partial charge is 0.404 e. The fraction of sp³-hybridized carbons (Fsp3) is 0.200. The molecule has 0 unspecified atom stereocenters. The lowest BCUT2D eigenvalue weighted by molar-refractivity contribution is -0.274. The van der Waals surface area contributed by atoms with Crippen LogP contribution in [-0.2, 0) is 0 Å². The first-order valence-electron chi connectivity index (χ1n) is 4.27. The van der Waals surface area contributed by atoms with Crippen molar-refractivity contribution in [3.8, 4) is 11.8 Å². The number of nitriles is 1. The Morgan fingerprint density at radius 1 is 1.47 bits per heavy atom. The van der Waals surface area contributed by atoms with Gasteiger partial charge in [0.1, 0.15) is 6.07 Å². The summed E-state index contributed by atoms with van der Waals surface area (Å²) in [5.41, 5.74) is -0.741. The highest BCUT2D eigenvalue weighted by atomic mass is 35.5. The van der Waals surface area contributed by atoms with E-state index in [0.29, 0.717) is 0 Å². The van der Waals surface area contributed by atoms with E-state index in [9.17, 15) is 18.0 Å². The monoisotopic (exact) mass is 263 g/mol. The van der Waals surface area contributed by atoms with Crippen LogP contribution < -0.4 is 4.74 Å². The van der Waals surface area contributed by atoms with E-state index in [1.54, 1.807) is 0 Å². The molecule has 0 amide bonds. The van der Waals surface area contributed by atoms with Crippen LogP contribution in [0.1, 0.15) is 15.9 Å². The van der Waals surface area contributed by atoms with Crippen LogP contribution in [0.3, 0.4) is 0 Å². The molecule has 0 aliphatic carbocycles. The van der Waals surface area contributed by atoms with Gasteiger partial charge in [-0.25, -0.2) is 0 Å². The molecule has 90 valence electrons. The minimum atomic E-state index is -4.98. The van der Waals surface area contributed by atoms with Gasteiger partial charge in [-0.3, -0.25) is 4.79 Å². The highest BCUT2D eigenvalue weighted by molar-refractivity contribution is 6.30. The summed E-state index contributed by atoms with van der Waals surface area (Å²) in [4.78, 5) is 11.3. The molecular weight excluding hydrogens is 259 g/mol. The van der Waals surface area contributed by atoms with Gasteiger partial charge in [-0.05, 0) is 12.1 Å². The summed E-state index contributed by atoms with van der Waals surface area (Å²) in [6.45, 7) is 0. The Morgan fingerprint density at radius 2 is 2.12 bits per heavy atom. The molecule has 17 heavy (non-hydrogen) atoms. The number of hydrogen-bond acceptors (Lipinski definition) is 3. The Kier molecular flexibility index (Phi) is 3.97. The molecule has 1 aromatic rings. The van der Waals surface area contributed by atoms with Crippen LogP contribution >= 0.6 is 11.6 Å². The molecule has 7 heteroatoms. The zero-order chi connectivity index (χ0) is 13.1. The number of alkyl halides is 4. The number of halogens is 4. The summed E-state index contributed by atoms with van der Waals surface area (Å²) in [5, 5.41) is 8.65. The first kappa shape index (κ1) is 13.3. The highest BCUT2D eigenvalue weighted by Gasteiger charge is 2.34. The number of para-hydroxylation sites is 1. The predicted octanol–water partition coefficient (Wildman–Crippen LogP) is 2.88. The summed E-state index contributed by atoms with van der Waals surface area (Å²) in [7, 11) is 0. The Morgan fingerprint density at radius 3 is 2.59 bits per heavy atom. The second-order valence-electron chi connectivity index (χ2n) is 2.90. The van der Waals surface area contributed by atoms with E-state index in [1.165, 1.54) is 12.1 Å². The van der Waals surface area contributed by atoms with Crippen molar-refractivity contribution in [3.63, 3.8) is 0 Å². The Bertz CT molecular complexity index is 479. The average molecular weight is 264 g/mol. The lowest BCUT2D eigenvalue weighted by atomic mass is 10.1. The zero-order valence-electron chi connectivity index (χ0n) is 8.21. The van der Waals surface area contributed by atoms with Crippen molar-refractivity contribution < 1.29 is 22.7 Å². The molecule has 0 saturated carbocycles. The van der Waals surface area contributed by atoms with Crippen LogP contribution in [0.5, 0.6) is 5.75 Å². The molecule has 0 atom stereocenters. The molecule has 0 bridgehead atoms. The number of Topliss-reactive ketones (excluding diaryl/α,β-unsaturated/α-hetero) is 1. The lowest BCUT2D eigenvalue weighted by Crippen LogP contribution is -2.20. The maximum Gasteiger partial charge on any atom is 0.573 e. The summed E-state index contributed by atoms with van der Waals surface area (Å²) in [6.07, 6.45) is -4.98. The van der Waals surface area contributed by atoms with Crippen molar-refractivity contribution in [2.24, 2.45) is 0 Å². The van der Waals surface area contributed by atoms with Crippen LogP contribution in [0.15, 0.2) is 18.2 Å². The largest absolute Gasteiger partial charge is 0.573 e. The molecule has 3 nitrogen and oxygen atoms in total. The van der Waals surface area contributed by atoms with E-state index in [0.717, 1.165) is 12.1 Å². The van der Waals surface area contributed by atoms with Gasteiger partial charge in [0.05, 0.1) is 17.0 Å². The van der Waals surface area contributed by atoms with E-state index < -0.39 is 23.8 Å². The van der Waals surface area contributed by atoms with Crippen LogP contribution in [0.2, 0.25) is 0 Å². The molecule has 0 fully saturated rings. The van der Waals surface area contributed by atoms with E-state index in [4.69, 9.17) is 16.9 Å². The molecule has 0 aromatic heterocycles. The zero-order valence-corrected chi connectivity index (χ0v) is 8.97. The van der Waals surface area contributed by atoms with E-state index in [-0.39, 0.29) is 11.1 Å². The number of ketones is 1. The van der Waals surface area contributed by atoms with Crippen molar-refractivity contribution >= 4 is 17.4 Å². The number of carbonyl (C=O) groups is 1. The van der Waals surface area contributed by atoms with E-state index in [1.807, 2.05) is 0 Å². The Hall–Kier alpha value is -1.74. The molecule has 1 rings (SSSR count). The van der Waals surface area contributed by atoms with Gasteiger partial charge in [-0.1, -0.05) is 6.07 Å². The number of rotatable bonds is 3. The molecule has 0 aliphatic rings. The van der Waals surface area contributed by atoms with Gasteiger partial charge >= 0.3 is 6.36 Å². The van der Waals surface area contributed by atoms with Gasteiger partial charge in [0.25, 0.3) is 0 Å². The van der Waals surface area contributed by atoms with Gasteiger partial charge in [0.15, 0.2) is 11.5 Å². The first-order chi connectivity index (χ1) is 7.89. The quantitative estimate of drug-likeness (QED) is 0.622. The van der Waals surface area contributed by atoms with Gasteiger partial charge in [0, 0.05) is 0 Å². The van der Waals surface area contributed by atoms with Gasteiger partial charge < -0.3 is 4.74 Å². The van der Waals surface area contributed by atoms with Crippen LogP contribution in [0.25, 0.3) is 0 Å². The Balaban J connectivity index is 3.32. The minimum Gasteiger partial charge on any atom is -0.404 e. The lowest BCUT2D eigenvalue weighted by Gasteiger charge is -2.13. The van der Waals surface area contributed by atoms with Gasteiger partial charge in [-0.15, -0.1) is 24.8 Å². The summed E-state index contributed by atoms with van der Waals surface area (Å²) in [5.74, 6) is -2.06. The third-order valence-electron chi connectivity index (χ3n) is 1.78. The normalized spacial score (nSPS) is 10.8. The fourth-order valence-electron chi connectivity index (χ4n) is 1.14. The molecular formula is C10H5ClF3NO2. The molecule has 1 aromatic carbocycles. The second kappa shape index (κ2) is 5.06. The SMILES string of the molecule is N#Cc1cccc(C(=O)CCl)c1OC(F)(F)F. The summed E-state index contributed by atoms with van der Waals surface area (Å²) < 4.78 is 40.1. The first-order valence-corrected chi connectivity index (χ1v) is 4.80. The van der Waals surface area contributed by atoms with Crippen molar-refractivity contribution in [2.45, 2.75) is 6.36 Å². The standard InChI is InChI=1S/C10H5ClF3NO2/c11-4-8(16)7-3-1-2-6(5-15)9(7)17-10(12,13)14/h1-3H,4H2. The van der Waals surface area contributed by atoms with E-state index in [2.05, 4.69) is 4.74 Å².